The maximum Gasteiger partial charge on any atom is 0.00672 e. The van der Waals surface area contributed by atoms with Gasteiger partial charge in [-0.05, 0) is 55.4 Å². The minimum absolute atomic E-state index is 0.637. The van der Waals surface area contributed by atoms with Gasteiger partial charge in [-0.3, -0.25) is 0 Å². The summed E-state index contributed by atoms with van der Waals surface area (Å²) in [7, 11) is 0. The van der Waals surface area contributed by atoms with Crippen LogP contribution in [0.1, 0.15) is 66.2 Å². The van der Waals surface area contributed by atoms with E-state index in [0.717, 1.165) is 23.8 Å². The molecule has 0 saturated heterocycles. The van der Waals surface area contributed by atoms with Crippen LogP contribution in [0.15, 0.2) is 0 Å². The molecule has 100 valence electrons. The van der Waals surface area contributed by atoms with Crippen LogP contribution in [0.3, 0.4) is 0 Å². The molecule has 0 heterocycles. The molecule has 2 aliphatic carbocycles. The van der Waals surface area contributed by atoms with Gasteiger partial charge in [0.2, 0.25) is 0 Å². The lowest BCUT2D eigenvalue weighted by Crippen LogP contribution is -2.31. The average molecular weight is 237 g/mol. The molecule has 2 aliphatic rings. The van der Waals surface area contributed by atoms with Crippen LogP contribution < -0.4 is 5.32 Å². The SMILES string of the molecule is CC(C)C1CCCC(NCC2CC2(C)C)CC1. The fourth-order valence-electron chi connectivity index (χ4n) is 3.43. The summed E-state index contributed by atoms with van der Waals surface area (Å²) in [4.78, 5) is 0. The molecular formula is C16H31N. The van der Waals surface area contributed by atoms with Crippen LogP contribution in [-0.4, -0.2) is 12.6 Å². The van der Waals surface area contributed by atoms with Crippen molar-refractivity contribution in [2.75, 3.05) is 6.54 Å². The molecule has 0 aromatic carbocycles. The molecule has 2 fully saturated rings. The summed E-state index contributed by atoms with van der Waals surface area (Å²) in [5, 5.41) is 3.84. The van der Waals surface area contributed by atoms with Crippen LogP contribution in [0.2, 0.25) is 0 Å². The van der Waals surface area contributed by atoms with E-state index in [0.29, 0.717) is 5.41 Å². The lowest BCUT2D eigenvalue weighted by Gasteiger charge is -2.19. The molecule has 1 N–H and O–H groups in total. The highest BCUT2D eigenvalue weighted by Crippen LogP contribution is 2.51. The molecule has 0 spiro atoms. The minimum Gasteiger partial charge on any atom is -0.314 e. The molecule has 2 rings (SSSR count). The third kappa shape index (κ3) is 3.71. The molecule has 0 amide bonds. The molecule has 0 radical (unpaired) electrons. The largest absolute Gasteiger partial charge is 0.314 e. The normalized spacial score (nSPS) is 36.9. The number of nitrogens with one attached hydrogen (secondary N) is 1. The first-order valence-corrected chi connectivity index (χ1v) is 7.72. The average Bonchev–Trinajstić information content (AvgIpc) is 2.92. The highest BCUT2D eigenvalue weighted by Gasteiger charge is 2.45. The Kier molecular flexibility index (Phi) is 4.18. The Morgan fingerprint density at radius 1 is 1.12 bits per heavy atom. The van der Waals surface area contributed by atoms with Crippen LogP contribution >= 0.6 is 0 Å². The van der Waals surface area contributed by atoms with E-state index in [-0.39, 0.29) is 0 Å². The Hall–Kier alpha value is -0.0400. The second-order valence-corrected chi connectivity index (χ2v) is 7.51. The zero-order chi connectivity index (χ0) is 12.5. The predicted molar refractivity (Wildman–Crippen MR) is 75.1 cm³/mol. The number of rotatable bonds is 4. The van der Waals surface area contributed by atoms with Crippen molar-refractivity contribution in [3.63, 3.8) is 0 Å². The monoisotopic (exact) mass is 237 g/mol. The van der Waals surface area contributed by atoms with Gasteiger partial charge in [0.1, 0.15) is 0 Å². The molecule has 0 aromatic rings. The fourth-order valence-corrected chi connectivity index (χ4v) is 3.43. The fraction of sp³-hybridized carbons (Fsp3) is 1.00. The number of hydrogen-bond donors (Lipinski definition) is 1. The van der Waals surface area contributed by atoms with Gasteiger partial charge < -0.3 is 5.32 Å². The van der Waals surface area contributed by atoms with Crippen LogP contribution in [0, 0.1) is 23.2 Å². The Labute approximate surface area is 108 Å². The van der Waals surface area contributed by atoms with Gasteiger partial charge in [-0.1, -0.05) is 40.5 Å². The second-order valence-electron chi connectivity index (χ2n) is 7.51. The molecule has 0 bridgehead atoms. The van der Waals surface area contributed by atoms with E-state index < -0.39 is 0 Å². The van der Waals surface area contributed by atoms with E-state index in [1.165, 1.54) is 45.1 Å². The maximum absolute atomic E-state index is 3.84. The van der Waals surface area contributed by atoms with E-state index in [4.69, 9.17) is 0 Å². The minimum atomic E-state index is 0.637. The topological polar surface area (TPSA) is 12.0 Å². The Balaban J connectivity index is 1.68. The molecule has 0 aliphatic heterocycles. The van der Waals surface area contributed by atoms with Gasteiger partial charge in [0.05, 0.1) is 0 Å². The molecule has 17 heavy (non-hydrogen) atoms. The highest BCUT2D eigenvalue weighted by molar-refractivity contribution is 4.96. The van der Waals surface area contributed by atoms with E-state index in [9.17, 15) is 0 Å². The lowest BCUT2D eigenvalue weighted by molar-refractivity contribution is 0.337. The van der Waals surface area contributed by atoms with E-state index in [1.54, 1.807) is 0 Å². The van der Waals surface area contributed by atoms with Gasteiger partial charge in [-0.25, -0.2) is 0 Å². The van der Waals surface area contributed by atoms with E-state index in [2.05, 4.69) is 33.0 Å². The maximum atomic E-state index is 3.84. The molecule has 3 unspecified atom stereocenters. The third-order valence-corrected chi connectivity index (χ3v) is 5.33. The van der Waals surface area contributed by atoms with Gasteiger partial charge in [-0.2, -0.15) is 0 Å². The van der Waals surface area contributed by atoms with Crippen molar-refractivity contribution in [3.8, 4) is 0 Å². The van der Waals surface area contributed by atoms with Gasteiger partial charge in [0.15, 0.2) is 0 Å². The molecule has 2 saturated carbocycles. The standard InChI is InChI=1S/C16H31N/c1-12(2)13-6-5-7-15(9-8-13)17-11-14-10-16(14,3)4/h12-15,17H,5-11H2,1-4H3. The summed E-state index contributed by atoms with van der Waals surface area (Å²) in [6.45, 7) is 10.9. The zero-order valence-electron chi connectivity index (χ0n) is 12.3. The Bertz CT molecular complexity index is 244. The molecule has 3 atom stereocenters. The van der Waals surface area contributed by atoms with Crippen LogP contribution in [0.4, 0.5) is 0 Å². The third-order valence-electron chi connectivity index (χ3n) is 5.33. The van der Waals surface area contributed by atoms with Crippen molar-refractivity contribution >= 4 is 0 Å². The quantitative estimate of drug-likeness (QED) is 0.722. The summed E-state index contributed by atoms with van der Waals surface area (Å²) in [5.41, 5.74) is 0.637. The van der Waals surface area contributed by atoms with Crippen LogP contribution in [0.5, 0.6) is 0 Å². The van der Waals surface area contributed by atoms with Crippen molar-refractivity contribution < 1.29 is 0 Å². The first kappa shape index (κ1) is 13.4. The zero-order valence-corrected chi connectivity index (χ0v) is 12.3. The summed E-state index contributed by atoms with van der Waals surface area (Å²) < 4.78 is 0. The Morgan fingerprint density at radius 2 is 1.82 bits per heavy atom. The van der Waals surface area contributed by atoms with Crippen LogP contribution in [0.25, 0.3) is 0 Å². The van der Waals surface area contributed by atoms with Gasteiger partial charge in [0, 0.05) is 6.04 Å². The molecule has 0 aromatic heterocycles. The highest BCUT2D eigenvalue weighted by atomic mass is 14.9. The predicted octanol–water partition coefficient (Wildman–Crippen LogP) is 4.23. The van der Waals surface area contributed by atoms with E-state index in [1.807, 2.05) is 0 Å². The summed E-state index contributed by atoms with van der Waals surface area (Å²) in [6, 6.07) is 0.815. The molecule has 1 nitrogen and oxygen atoms in total. The number of hydrogen-bond acceptors (Lipinski definition) is 1. The van der Waals surface area contributed by atoms with Gasteiger partial charge in [0.25, 0.3) is 0 Å². The van der Waals surface area contributed by atoms with Crippen molar-refractivity contribution in [2.24, 2.45) is 23.2 Å². The van der Waals surface area contributed by atoms with Crippen molar-refractivity contribution in [2.45, 2.75) is 72.3 Å². The Morgan fingerprint density at radius 3 is 2.41 bits per heavy atom. The first-order chi connectivity index (χ1) is 7.99. The van der Waals surface area contributed by atoms with Crippen molar-refractivity contribution in [1.82, 2.24) is 5.32 Å². The summed E-state index contributed by atoms with van der Waals surface area (Å²) in [5.74, 6) is 2.82. The molecular weight excluding hydrogens is 206 g/mol. The van der Waals surface area contributed by atoms with Gasteiger partial charge >= 0.3 is 0 Å². The van der Waals surface area contributed by atoms with Crippen molar-refractivity contribution in [1.29, 1.82) is 0 Å². The van der Waals surface area contributed by atoms with Crippen LogP contribution in [-0.2, 0) is 0 Å². The van der Waals surface area contributed by atoms with Crippen molar-refractivity contribution in [3.05, 3.63) is 0 Å². The summed E-state index contributed by atoms with van der Waals surface area (Å²) in [6.07, 6.45) is 8.61. The molecule has 1 heteroatoms. The summed E-state index contributed by atoms with van der Waals surface area (Å²) >= 11 is 0. The first-order valence-electron chi connectivity index (χ1n) is 7.72. The second kappa shape index (κ2) is 5.30. The smallest absolute Gasteiger partial charge is 0.00672 e. The lowest BCUT2D eigenvalue weighted by atomic mass is 9.89. The van der Waals surface area contributed by atoms with E-state index >= 15 is 0 Å². The van der Waals surface area contributed by atoms with Gasteiger partial charge in [-0.15, -0.1) is 0 Å².